The maximum absolute atomic E-state index is 11.0. The summed E-state index contributed by atoms with van der Waals surface area (Å²) in [5, 5.41) is 22.7. The van der Waals surface area contributed by atoms with Crippen LogP contribution in [0.25, 0.3) is 0 Å². The Balaban J connectivity index is -0.000000146. The zero-order chi connectivity index (χ0) is 56.1. The summed E-state index contributed by atoms with van der Waals surface area (Å²) < 4.78 is 13.5. The number of aliphatic carboxylic acids is 2. The van der Waals surface area contributed by atoms with Gasteiger partial charge in [-0.15, -0.1) is 0 Å². The van der Waals surface area contributed by atoms with E-state index in [0.717, 1.165) is 0 Å². The van der Waals surface area contributed by atoms with Gasteiger partial charge in [0.05, 0.1) is 0 Å². The predicted molar refractivity (Wildman–Crippen MR) is 260 cm³/mol. The molecule has 0 aromatic heterocycles. The van der Waals surface area contributed by atoms with E-state index in [4.69, 9.17) is 21.7 Å². The van der Waals surface area contributed by atoms with Gasteiger partial charge in [-0.05, 0) is 95.2 Å². The standard InChI is InChI=1S/C10H2O16.2C9H21N.2C6H15N.2C3H9N/c11-1(12)3(15)23-5(17)7(19)25-9(21)10(22)26-8(20)6(18)24-4(16)2(13)14;2*1-7(2)10(8(3)4)9(5)6;2*1-5(2)7-6(3)4;2*1-3(2)4/h(H,11,12)(H,13,14);2*7-9H,1-6H3;2*5-7H,1-4H3;2*3H,4H2,1-2H3. The largest absolute Gasteiger partial charge is 0.473 e. The van der Waals surface area contributed by atoms with Crippen molar-refractivity contribution >= 4 is 59.7 Å². The summed E-state index contributed by atoms with van der Waals surface area (Å²) in [6, 6.07) is 7.17. The predicted octanol–water partition coefficient (Wildman–Crippen LogP) is 3.95. The molecular formula is C46H92N6O16. The van der Waals surface area contributed by atoms with Crippen LogP contribution in [0, 0.1) is 0 Å². The number of nitrogens with one attached hydrogen (secondary N) is 2. The minimum Gasteiger partial charge on any atom is -0.473 e. The number of nitrogens with zero attached hydrogens (tertiary/aromatic N) is 2. The smallest absolute Gasteiger partial charge is 0.426 e. The molecule has 0 aliphatic rings. The number of carbonyl (C=O) groups excluding carboxylic acids is 8. The van der Waals surface area contributed by atoms with Crippen molar-refractivity contribution in [1.29, 1.82) is 0 Å². The first kappa shape index (κ1) is 77.5. The lowest BCUT2D eigenvalue weighted by molar-refractivity contribution is -0.187. The van der Waals surface area contributed by atoms with Gasteiger partial charge in [0.2, 0.25) is 0 Å². The molecule has 0 spiro atoms. The molecule has 0 aliphatic heterocycles. The number of rotatable bonds is 10. The molecule has 8 N–H and O–H groups in total. The Morgan fingerprint density at radius 2 is 0.426 bits per heavy atom. The molecule has 68 heavy (non-hydrogen) atoms. The molecule has 22 nitrogen and oxygen atoms in total. The highest BCUT2D eigenvalue weighted by Crippen LogP contribution is 2.10. The molecule has 0 unspecified atom stereocenters. The van der Waals surface area contributed by atoms with Gasteiger partial charge >= 0.3 is 59.7 Å². The lowest BCUT2D eigenvalue weighted by Crippen LogP contribution is -2.42. The van der Waals surface area contributed by atoms with E-state index >= 15 is 0 Å². The Kier molecular flexibility index (Phi) is 49.6. The van der Waals surface area contributed by atoms with Crippen molar-refractivity contribution in [2.24, 2.45) is 11.5 Å². The van der Waals surface area contributed by atoms with Crippen LogP contribution in [0.4, 0.5) is 0 Å². The van der Waals surface area contributed by atoms with Crippen LogP contribution >= 0.6 is 0 Å². The van der Waals surface area contributed by atoms with Gasteiger partial charge in [-0.3, -0.25) is 9.80 Å². The fraction of sp³-hybridized carbons (Fsp3) is 0.783. The van der Waals surface area contributed by atoms with Crippen LogP contribution in [0.5, 0.6) is 0 Å². The number of hydrogen-bond donors (Lipinski definition) is 6. The highest BCUT2D eigenvalue weighted by Gasteiger charge is 2.34. The van der Waals surface area contributed by atoms with Gasteiger partial charge in [-0.25, -0.2) is 47.9 Å². The van der Waals surface area contributed by atoms with E-state index in [1.807, 2.05) is 27.7 Å². The summed E-state index contributed by atoms with van der Waals surface area (Å²) in [5.41, 5.74) is 10.2. The van der Waals surface area contributed by atoms with Gasteiger partial charge < -0.3 is 51.3 Å². The third kappa shape index (κ3) is 55.6. The summed E-state index contributed by atoms with van der Waals surface area (Å²) >= 11 is 0. The van der Waals surface area contributed by atoms with Gasteiger partial charge in [0.1, 0.15) is 0 Å². The number of esters is 8. The van der Waals surface area contributed by atoms with Gasteiger partial charge in [0, 0.05) is 60.4 Å². The van der Waals surface area contributed by atoms with Crippen LogP contribution in [0.2, 0.25) is 0 Å². The summed E-state index contributed by atoms with van der Waals surface area (Å²) in [4.78, 5) is 111. The highest BCUT2D eigenvalue weighted by molar-refractivity contribution is 6.45. The summed E-state index contributed by atoms with van der Waals surface area (Å²) in [7, 11) is 0. The minimum absolute atomic E-state index is 0.333. The fourth-order valence-electron chi connectivity index (χ4n) is 5.59. The van der Waals surface area contributed by atoms with E-state index in [1.54, 1.807) is 0 Å². The number of carboxylic acid groups (broad SMARTS) is 2. The second-order valence-electron chi connectivity index (χ2n) is 18.2. The highest BCUT2D eigenvalue weighted by atomic mass is 16.7. The van der Waals surface area contributed by atoms with Crippen molar-refractivity contribution in [1.82, 2.24) is 20.4 Å². The van der Waals surface area contributed by atoms with Crippen molar-refractivity contribution < 1.29 is 77.1 Å². The van der Waals surface area contributed by atoms with E-state index < -0.39 is 59.7 Å². The maximum Gasteiger partial charge on any atom is 0.426 e. The summed E-state index contributed by atoms with van der Waals surface area (Å²) in [5.74, 6) is -23.3. The number of carbonyl (C=O) groups is 10. The Labute approximate surface area is 406 Å². The third-order valence-corrected chi connectivity index (χ3v) is 6.50. The van der Waals surface area contributed by atoms with E-state index in [2.05, 4.69) is 178 Å². The lowest BCUT2D eigenvalue weighted by Gasteiger charge is -2.34. The third-order valence-electron chi connectivity index (χ3n) is 6.50. The zero-order valence-electron chi connectivity index (χ0n) is 45.6. The Hall–Kier alpha value is -4.74. The minimum atomic E-state index is -2.42. The van der Waals surface area contributed by atoms with Crippen LogP contribution in [-0.4, -0.2) is 152 Å². The van der Waals surface area contributed by atoms with Crippen molar-refractivity contribution in [3.8, 4) is 0 Å². The second kappa shape index (κ2) is 43.5. The molecule has 0 radical (unpaired) electrons. The summed E-state index contributed by atoms with van der Waals surface area (Å²) in [6.45, 7) is 52.0. The molecule has 0 amide bonds. The maximum atomic E-state index is 11.0. The van der Waals surface area contributed by atoms with Crippen molar-refractivity contribution in [2.75, 3.05) is 0 Å². The van der Waals surface area contributed by atoms with Crippen LogP contribution in [-0.2, 0) is 66.9 Å². The first-order valence-electron chi connectivity index (χ1n) is 22.6. The van der Waals surface area contributed by atoms with Crippen LogP contribution in [0.3, 0.4) is 0 Å². The van der Waals surface area contributed by atoms with Crippen molar-refractivity contribution in [3.05, 3.63) is 0 Å². The molecule has 0 saturated carbocycles. The van der Waals surface area contributed by atoms with Crippen molar-refractivity contribution in [3.63, 3.8) is 0 Å². The number of carboxylic acids is 2. The molecular weight excluding hydrogens is 893 g/mol. The monoisotopic (exact) mass is 985 g/mol. The molecule has 0 atom stereocenters. The van der Waals surface area contributed by atoms with Crippen LogP contribution in [0.15, 0.2) is 0 Å². The first-order chi connectivity index (χ1) is 30.5. The van der Waals surface area contributed by atoms with Gasteiger partial charge in [0.25, 0.3) is 0 Å². The zero-order valence-corrected chi connectivity index (χ0v) is 45.6. The van der Waals surface area contributed by atoms with Gasteiger partial charge in [-0.1, -0.05) is 83.1 Å². The Morgan fingerprint density at radius 3 is 0.485 bits per heavy atom. The molecule has 22 heteroatoms. The molecule has 402 valence electrons. The topological polar surface area (TPSA) is 331 Å². The Bertz CT molecular complexity index is 1310. The SMILES string of the molecule is CC(C)N.CC(C)N.CC(C)N(C(C)C)C(C)C.CC(C)N(C(C)C)C(C)C.CC(C)NC(C)C.CC(C)NC(C)C.O=C(O)C(=O)OC(=O)C(=O)OC(=O)C(=O)OC(=O)C(=O)OC(=O)C(=O)O. The quantitative estimate of drug-likeness (QED) is 0.0781. The molecule has 0 heterocycles. The van der Waals surface area contributed by atoms with Crippen molar-refractivity contribution in [2.45, 2.75) is 239 Å². The molecule has 0 saturated heterocycles. The van der Waals surface area contributed by atoms with E-state index in [1.165, 1.54) is 0 Å². The van der Waals surface area contributed by atoms with E-state index in [9.17, 15) is 47.9 Å². The summed E-state index contributed by atoms with van der Waals surface area (Å²) in [6.07, 6.45) is 0. The van der Waals surface area contributed by atoms with Crippen LogP contribution in [0.1, 0.15) is 166 Å². The lowest BCUT2D eigenvalue weighted by atomic mass is 10.2. The average molecular weight is 985 g/mol. The molecule has 0 fully saturated rings. The number of hydrogen-bond acceptors (Lipinski definition) is 20. The van der Waals surface area contributed by atoms with E-state index in [-0.39, 0.29) is 0 Å². The molecule has 0 aromatic carbocycles. The first-order valence-corrected chi connectivity index (χ1v) is 22.6. The average Bonchev–Trinajstić information content (AvgIpc) is 3.09. The second-order valence-corrected chi connectivity index (χ2v) is 18.2. The van der Waals surface area contributed by atoms with Crippen LogP contribution < -0.4 is 22.1 Å². The number of ether oxygens (including phenoxy) is 4. The Morgan fingerprint density at radius 1 is 0.309 bits per heavy atom. The fourth-order valence-corrected chi connectivity index (χ4v) is 5.59. The number of nitrogens with two attached hydrogens (primary N) is 2. The molecule has 0 bridgehead atoms. The van der Waals surface area contributed by atoms with E-state index in [0.29, 0.717) is 72.5 Å². The molecule has 0 aliphatic carbocycles. The molecule has 0 rings (SSSR count). The van der Waals surface area contributed by atoms with Gasteiger partial charge in [-0.2, -0.15) is 0 Å². The molecule has 0 aromatic rings. The normalized spacial score (nSPS) is 10.5. The van der Waals surface area contributed by atoms with Gasteiger partial charge in [0.15, 0.2) is 0 Å².